The molecular formula is C23H23N3O4. The summed E-state index contributed by atoms with van der Waals surface area (Å²) in [5.74, 6) is 0.980. The topological polar surface area (TPSA) is 79.1 Å². The Morgan fingerprint density at radius 2 is 1.73 bits per heavy atom. The van der Waals surface area contributed by atoms with Crippen molar-refractivity contribution >= 4 is 11.4 Å². The fraction of sp³-hybridized carbons (Fsp3) is 0.217. The molecule has 3 aromatic rings. The van der Waals surface area contributed by atoms with Crippen LogP contribution in [0, 0.1) is 10.1 Å². The molecule has 1 atom stereocenters. The first kappa shape index (κ1) is 19.7. The molecule has 1 aliphatic rings. The summed E-state index contributed by atoms with van der Waals surface area (Å²) in [4.78, 5) is 15.7. The number of nitro benzene ring substituents is 1. The maximum Gasteiger partial charge on any atom is 0.276 e. The first-order chi connectivity index (χ1) is 14.6. The number of benzene rings is 3. The van der Waals surface area contributed by atoms with E-state index in [4.69, 9.17) is 4.74 Å². The van der Waals surface area contributed by atoms with Crippen LogP contribution in [0.15, 0.2) is 72.8 Å². The molecule has 1 saturated heterocycles. The van der Waals surface area contributed by atoms with Crippen molar-refractivity contribution in [1.82, 2.24) is 4.90 Å². The van der Waals surface area contributed by atoms with E-state index in [1.54, 1.807) is 25.3 Å². The Morgan fingerprint density at radius 1 is 1.03 bits per heavy atom. The fourth-order valence-corrected chi connectivity index (χ4v) is 3.99. The van der Waals surface area contributed by atoms with Crippen molar-refractivity contribution in [2.45, 2.75) is 12.7 Å². The van der Waals surface area contributed by atoms with Crippen LogP contribution in [0.1, 0.15) is 17.3 Å². The Bertz CT molecular complexity index is 1040. The Labute approximate surface area is 174 Å². The molecule has 0 spiro atoms. The lowest BCUT2D eigenvalue weighted by Crippen LogP contribution is -2.31. The van der Waals surface area contributed by atoms with Crippen molar-refractivity contribution in [2.75, 3.05) is 25.1 Å². The number of ether oxygens (including phenoxy) is 1. The van der Waals surface area contributed by atoms with Crippen LogP contribution in [0.3, 0.4) is 0 Å². The number of phenolic OH excluding ortho intramolecular Hbond substituents is 1. The lowest BCUT2D eigenvalue weighted by Gasteiger charge is -2.32. The van der Waals surface area contributed by atoms with Crippen LogP contribution >= 0.6 is 0 Å². The summed E-state index contributed by atoms with van der Waals surface area (Å²) < 4.78 is 5.26. The van der Waals surface area contributed by atoms with Gasteiger partial charge in [-0.15, -0.1) is 0 Å². The molecule has 154 valence electrons. The number of phenols is 1. The third-order valence-corrected chi connectivity index (χ3v) is 5.45. The molecule has 7 nitrogen and oxygen atoms in total. The van der Waals surface area contributed by atoms with Crippen LogP contribution in [0.2, 0.25) is 0 Å². The Hall–Kier alpha value is -3.58. The highest BCUT2D eigenvalue weighted by atomic mass is 16.6. The smallest absolute Gasteiger partial charge is 0.276 e. The molecular weight excluding hydrogens is 382 g/mol. The minimum absolute atomic E-state index is 0.0881. The van der Waals surface area contributed by atoms with Gasteiger partial charge >= 0.3 is 0 Å². The van der Waals surface area contributed by atoms with E-state index in [0.717, 1.165) is 17.0 Å². The molecule has 0 bridgehead atoms. The van der Waals surface area contributed by atoms with Crippen LogP contribution in [-0.4, -0.2) is 35.1 Å². The molecule has 1 unspecified atom stereocenters. The van der Waals surface area contributed by atoms with E-state index in [-0.39, 0.29) is 22.5 Å². The molecule has 1 heterocycles. The van der Waals surface area contributed by atoms with Crippen molar-refractivity contribution in [3.8, 4) is 11.5 Å². The molecule has 0 radical (unpaired) electrons. The van der Waals surface area contributed by atoms with Gasteiger partial charge < -0.3 is 14.7 Å². The summed E-state index contributed by atoms with van der Waals surface area (Å²) in [5.41, 5.74) is 2.47. The lowest BCUT2D eigenvalue weighted by molar-refractivity contribution is -0.386. The zero-order chi connectivity index (χ0) is 21.1. The lowest BCUT2D eigenvalue weighted by atomic mass is 10.1. The highest BCUT2D eigenvalue weighted by Gasteiger charge is 2.37. The zero-order valence-corrected chi connectivity index (χ0v) is 16.6. The maximum absolute atomic E-state index is 11.7. The van der Waals surface area contributed by atoms with Gasteiger partial charge in [-0.2, -0.15) is 0 Å². The molecule has 1 fully saturated rings. The Balaban J connectivity index is 1.75. The van der Waals surface area contributed by atoms with Gasteiger partial charge in [0.2, 0.25) is 0 Å². The summed E-state index contributed by atoms with van der Waals surface area (Å²) in [7, 11) is 1.62. The Morgan fingerprint density at radius 3 is 2.43 bits per heavy atom. The van der Waals surface area contributed by atoms with Gasteiger partial charge in [0.05, 0.1) is 17.6 Å². The van der Waals surface area contributed by atoms with E-state index >= 15 is 0 Å². The van der Waals surface area contributed by atoms with Gasteiger partial charge in [-0.25, -0.2) is 0 Å². The number of methoxy groups -OCH3 is 1. The summed E-state index contributed by atoms with van der Waals surface area (Å²) in [6.07, 6.45) is -0.334. The second-order valence-electron chi connectivity index (χ2n) is 7.18. The quantitative estimate of drug-likeness (QED) is 0.486. The van der Waals surface area contributed by atoms with Gasteiger partial charge in [0, 0.05) is 37.0 Å². The first-order valence-electron chi connectivity index (χ1n) is 9.73. The second-order valence-corrected chi connectivity index (χ2v) is 7.18. The van der Waals surface area contributed by atoms with E-state index in [0.29, 0.717) is 25.2 Å². The highest BCUT2D eigenvalue weighted by molar-refractivity contribution is 5.55. The van der Waals surface area contributed by atoms with E-state index in [1.807, 2.05) is 48.5 Å². The van der Waals surface area contributed by atoms with Gasteiger partial charge in [-0.3, -0.25) is 15.0 Å². The van der Waals surface area contributed by atoms with Crippen molar-refractivity contribution in [3.63, 3.8) is 0 Å². The molecule has 1 N–H and O–H groups in total. The van der Waals surface area contributed by atoms with Gasteiger partial charge in [-0.05, 0) is 36.4 Å². The molecule has 0 amide bonds. The van der Waals surface area contributed by atoms with Crippen LogP contribution in [0.25, 0.3) is 0 Å². The van der Waals surface area contributed by atoms with Crippen molar-refractivity contribution in [3.05, 3.63) is 94.0 Å². The largest absolute Gasteiger partial charge is 0.508 e. The predicted octanol–water partition coefficient (Wildman–Crippen LogP) is 4.33. The predicted molar refractivity (Wildman–Crippen MR) is 115 cm³/mol. The number of hydrogen-bond donors (Lipinski definition) is 1. The normalized spacial score (nSPS) is 16.6. The molecule has 7 heteroatoms. The van der Waals surface area contributed by atoms with E-state index in [9.17, 15) is 15.2 Å². The maximum atomic E-state index is 11.7. The van der Waals surface area contributed by atoms with Crippen LogP contribution < -0.4 is 9.64 Å². The first-order valence-corrected chi connectivity index (χ1v) is 9.73. The number of aromatic hydroxyl groups is 1. The molecule has 0 saturated carbocycles. The van der Waals surface area contributed by atoms with Gasteiger partial charge in [0.15, 0.2) is 0 Å². The minimum atomic E-state index is -0.335. The summed E-state index contributed by atoms with van der Waals surface area (Å²) in [6, 6.07) is 21.8. The average molecular weight is 405 g/mol. The monoisotopic (exact) mass is 405 g/mol. The fourth-order valence-electron chi connectivity index (χ4n) is 3.99. The van der Waals surface area contributed by atoms with Crippen LogP contribution in [-0.2, 0) is 6.54 Å². The van der Waals surface area contributed by atoms with Gasteiger partial charge in [0.25, 0.3) is 5.69 Å². The van der Waals surface area contributed by atoms with Crippen molar-refractivity contribution < 1.29 is 14.8 Å². The SMILES string of the molecule is COc1ccc(N2CCN(Cc3ccccc3O)C2c2ccccc2[N+](=O)[O-])cc1. The summed E-state index contributed by atoms with van der Waals surface area (Å²) in [5, 5.41) is 22.0. The van der Waals surface area contributed by atoms with Crippen LogP contribution in [0.4, 0.5) is 11.4 Å². The standard InChI is InChI=1S/C23H23N3O4/c1-30-19-12-10-18(11-13-19)25-15-14-24(16-17-6-2-5-9-22(17)27)23(25)20-7-3-4-8-21(20)26(28)29/h2-13,23,27H,14-16H2,1H3. The Kier molecular flexibility index (Phi) is 5.54. The highest BCUT2D eigenvalue weighted by Crippen LogP contribution is 2.40. The third kappa shape index (κ3) is 3.79. The van der Waals surface area contributed by atoms with Crippen molar-refractivity contribution in [1.29, 1.82) is 0 Å². The number of hydrogen-bond acceptors (Lipinski definition) is 6. The molecule has 3 aromatic carbocycles. The van der Waals surface area contributed by atoms with Crippen molar-refractivity contribution in [2.24, 2.45) is 0 Å². The molecule has 0 aliphatic carbocycles. The third-order valence-electron chi connectivity index (χ3n) is 5.45. The van der Waals surface area contributed by atoms with Gasteiger partial charge in [0.1, 0.15) is 17.7 Å². The summed E-state index contributed by atoms with van der Waals surface area (Å²) >= 11 is 0. The number of para-hydroxylation sites is 2. The summed E-state index contributed by atoms with van der Waals surface area (Å²) in [6.45, 7) is 1.89. The molecule has 30 heavy (non-hydrogen) atoms. The van der Waals surface area contributed by atoms with Crippen LogP contribution in [0.5, 0.6) is 11.5 Å². The average Bonchev–Trinajstić information content (AvgIpc) is 3.18. The number of anilines is 1. The number of nitro groups is 1. The van der Waals surface area contributed by atoms with E-state index in [1.165, 1.54) is 6.07 Å². The number of rotatable bonds is 6. The minimum Gasteiger partial charge on any atom is -0.508 e. The van der Waals surface area contributed by atoms with Gasteiger partial charge in [-0.1, -0.05) is 30.3 Å². The zero-order valence-electron chi connectivity index (χ0n) is 16.6. The second kappa shape index (κ2) is 8.42. The molecule has 0 aromatic heterocycles. The molecule has 4 rings (SSSR count). The van der Waals surface area contributed by atoms with E-state index < -0.39 is 0 Å². The van der Waals surface area contributed by atoms with E-state index in [2.05, 4.69) is 9.80 Å². The number of nitrogens with zero attached hydrogens (tertiary/aromatic N) is 3. The molecule has 1 aliphatic heterocycles.